The van der Waals surface area contributed by atoms with Crippen LogP contribution in [-0.4, -0.2) is 58.0 Å². The van der Waals surface area contributed by atoms with E-state index in [2.05, 4.69) is 20.3 Å². The molecule has 1 aromatic heterocycles. The number of methoxy groups -OCH3 is 1. The number of rotatable bonds is 6. The SMILES string of the molecule is COC(=O)Cn1nnnc1SCCS(=O)(=O)C(C)(C)C. The summed E-state index contributed by atoms with van der Waals surface area (Å²) < 4.78 is 28.9. The number of esters is 1. The third-order valence-corrected chi connectivity index (χ3v) is 6.35. The lowest BCUT2D eigenvalue weighted by atomic mass is 10.3. The zero-order valence-electron chi connectivity index (χ0n) is 11.9. The molecule has 0 amide bonds. The highest BCUT2D eigenvalue weighted by atomic mass is 32.2. The second-order valence-electron chi connectivity index (χ2n) is 4.97. The number of hydrogen-bond acceptors (Lipinski definition) is 8. The van der Waals surface area contributed by atoms with Crippen LogP contribution in [0.4, 0.5) is 0 Å². The minimum atomic E-state index is -3.18. The Hall–Kier alpha value is -1.16. The third-order valence-electron chi connectivity index (χ3n) is 2.52. The Kier molecular flexibility index (Phi) is 5.51. The largest absolute Gasteiger partial charge is 0.468 e. The van der Waals surface area contributed by atoms with Gasteiger partial charge in [0.15, 0.2) is 9.84 Å². The average molecular weight is 322 g/mol. The lowest BCUT2D eigenvalue weighted by Gasteiger charge is -2.18. The quantitative estimate of drug-likeness (QED) is 0.538. The first-order valence-corrected chi connectivity index (χ1v) is 8.49. The van der Waals surface area contributed by atoms with Crippen molar-refractivity contribution in [3.05, 3.63) is 0 Å². The molecule has 0 saturated heterocycles. The molecule has 0 unspecified atom stereocenters. The van der Waals surface area contributed by atoms with Gasteiger partial charge in [-0.3, -0.25) is 4.79 Å². The number of thioether (sulfide) groups is 1. The summed E-state index contributed by atoms with van der Waals surface area (Å²) in [4.78, 5) is 11.2. The van der Waals surface area contributed by atoms with Gasteiger partial charge in [-0.2, -0.15) is 0 Å². The molecule has 1 aromatic rings. The van der Waals surface area contributed by atoms with Crippen LogP contribution in [0.5, 0.6) is 0 Å². The highest BCUT2D eigenvalue weighted by Gasteiger charge is 2.28. The molecule has 0 radical (unpaired) electrons. The third kappa shape index (κ3) is 4.44. The smallest absolute Gasteiger partial charge is 0.327 e. The molecule has 0 spiro atoms. The molecular weight excluding hydrogens is 304 g/mol. The fourth-order valence-corrected chi connectivity index (χ4v) is 3.49. The van der Waals surface area contributed by atoms with Crippen LogP contribution in [0.2, 0.25) is 0 Å². The molecule has 0 N–H and O–H groups in total. The Bertz CT molecular complexity index is 562. The van der Waals surface area contributed by atoms with E-state index < -0.39 is 20.6 Å². The van der Waals surface area contributed by atoms with Gasteiger partial charge in [0.2, 0.25) is 5.16 Å². The highest BCUT2D eigenvalue weighted by Crippen LogP contribution is 2.20. The summed E-state index contributed by atoms with van der Waals surface area (Å²) in [6, 6.07) is 0. The fourth-order valence-electron chi connectivity index (χ4n) is 1.13. The van der Waals surface area contributed by atoms with E-state index in [1.807, 2.05) is 0 Å². The monoisotopic (exact) mass is 322 g/mol. The predicted molar refractivity (Wildman–Crippen MR) is 74.1 cm³/mol. The standard InChI is InChI=1S/C10H18N4O4S2/c1-10(2,3)20(16,17)6-5-19-9-11-12-13-14(9)7-8(15)18-4/h5-7H2,1-4H3. The molecule has 1 rings (SSSR count). The summed E-state index contributed by atoms with van der Waals surface area (Å²) in [6.45, 7) is 4.88. The molecule has 0 aliphatic rings. The topological polar surface area (TPSA) is 104 Å². The van der Waals surface area contributed by atoms with Gasteiger partial charge < -0.3 is 4.74 Å². The lowest BCUT2D eigenvalue weighted by Crippen LogP contribution is -2.31. The van der Waals surface area contributed by atoms with E-state index >= 15 is 0 Å². The summed E-state index contributed by atoms with van der Waals surface area (Å²) in [5.74, 6) is -0.130. The molecule has 0 fully saturated rings. The average Bonchev–Trinajstić information content (AvgIpc) is 2.75. The second-order valence-corrected chi connectivity index (χ2v) is 8.90. The molecule has 20 heavy (non-hydrogen) atoms. The van der Waals surface area contributed by atoms with E-state index in [9.17, 15) is 13.2 Å². The Morgan fingerprint density at radius 2 is 2.05 bits per heavy atom. The number of sulfone groups is 1. The van der Waals surface area contributed by atoms with Crippen LogP contribution in [0.3, 0.4) is 0 Å². The van der Waals surface area contributed by atoms with E-state index in [0.717, 1.165) is 0 Å². The van der Waals surface area contributed by atoms with Crippen LogP contribution in [0.25, 0.3) is 0 Å². The van der Waals surface area contributed by atoms with Gasteiger partial charge in [-0.15, -0.1) is 5.10 Å². The molecule has 8 nitrogen and oxygen atoms in total. The van der Waals surface area contributed by atoms with Crippen molar-refractivity contribution < 1.29 is 17.9 Å². The van der Waals surface area contributed by atoms with Gasteiger partial charge in [-0.25, -0.2) is 13.1 Å². The Balaban J connectivity index is 2.60. The summed E-state index contributed by atoms with van der Waals surface area (Å²) in [5, 5.41) is 11.2. The van der Waals surface area contributed by atoms with Gasteiger partial charge in [0.05, 0.1) is 17.6 Å². The normalized spacial score (nSPS) is 12.4. The molecule has 1 heterocycles. The van der Waals surface area contributed by atoms with Crippen molar-refractivity contribution in [2.75, 3.05) is 18.6 Å². The van der Waals surface area contributed by atoms with Crippen LogP contribution >= 0.6 is 11.8 Å². The molecule has 10 heteroatoms. The molecule has 0 aliphatic heterocycles. The van der Waals surface area contributed by atoms with E-state index in [-0.39, 0.29) is 12.3 Å². The molecule has 0 aliphatic carbocycles. The van der Waals surface area contributed by atoms with Crippen molar-refractivity contribution in [2.24, 2.45) is 0 Å². The highest BCUT2D eigenvalue weighted by molar-refractivity contribution is 8.00. The summed E-state index contributed by atoms with van der Waals surface area (Å²) in [7, 11) is -1.91. The van der Waals surface area contributed by atoms with Crippen molar-refractivity contribution in [1.82, 2.24) is 20.2 Å². The molecule has 0 bridgehead atoms. The van der Waals surface area contributed by atoms with Gasteiger partial charge in [0.25, 0.3) is 0 Å². The predicted octanol–water partition coefficient (Wildman–Crippen LogP) is 0.151. The van der Waals surface area contributed by atoms with Gasteiger partial charge >= 0.3 is 5.97 Å². The van der Waals surface area contributed by atoms with Crippen molar-refractivity contribution in [3.8, 4) is 0 Å². The second kappa shape index (κ2) is 6.53. The van der Waals surface area contributed by atoms with Crippen molar-refractivity contribution >= 4 is 27.6 Å². The zero-order valence-corrected chi connectivity index (χ0v) is 13.5. The van der Waals surface area contributed by atoms with Gasteiger partial charge in [0, 0.05) is 5.75 Å². The van der Waals surface area contributed by atoms with Crippen LogP contribution in [0, 0.1) is 0 Å². The van der Waals surface area contributed by atoms with Crippen molar-refractivity contribution in [3.63, 3.8) is 0 Å². The summed E-state index contributed by atoms with van der Waals surface area (Å²) in [6.07, 6.45) is 0. The molecule has 114 valence electrons. The first-order chi connectivity index (χ1) is 9.17. The van der Waals surface area contributed by atoms with Crippen LogP contribution < -0.4 is 0 Å². The van der Waals surface area contributed by atoms with Crippen LogP contribution in [0.15, 0.2) is 5.16 Å². The first kappa shape index (κ1) is 16.9. The number of carbonyl (C=O) groups is 1. The van der Waals surface area contributed by atoms with E-state index in [1.54, 1.807) is 20.8 Å². The van der Waals surface area contributed by atoms with Gasteiger partial charge in [-0.1, -0.05) is 11.8 Å². The maximum Gasteiger partial charge on any atom is 0.327 e. The molecule has 0 atom stereocenters. The summed E-state index contributed by atoms with van der Waals surface area (Å²) >= 11 is 1.19. The first-order valence-electron chi connectivity index (χ1n) is 5.85. The van der Waals surface area contributed by atoms with Crippen LogP contribution in [-0.2, 0) is 25.9 Å². The number of tetrazole rings is 1. The number of hydrogen-bond donors (Lipinski definition) is 0. The zero-order chi connectivity index (χ0) is 15.4. The Morgan fingerprint density at radius 3 is 2.60 bits per heavy atom. The number of nitrogens with zero attached hydrogens (tertiary/aromatic N) is 4. The molecule has 0 saturated carbocycles. The minimum Gasteiger partial charge on any atom is -0.468 e. The number of ether oxygens (including phenoxy) is 1. The van der Waals surface area contributed by atoms with E-state index in [0.29, 0.717) is 10.9 Å². The van der Waals surface area contributed by atoms with Gasteiger partial charge in [0.1, 0.15) is 6.54 Å². The van der Waals surface area contributed by atoms with Crippen molar-refractivity contribution in [2.45, 2.75) is 37.2 Å². The lowest BCUT2D eigenvalue weighted by molar-refractivity contribution is -0.141. The van der Waals surface area contributed by atoms with Crippen LogP contribution in [0.1, 0.15) is 20.8 Å². The van der Waals surface area contributed by atoms with E-state index in [1.165, 1.54) is 23.6 Å². The summed E-state index contributed by atoms with van der Waals surface area (Å²) in [5.41, 5.74) is 0. The molecular formula is C10H18N4O4S2. The van der Waals surface area contributed by atoms with Crippen molar-refractivity contribution in [1.29, 1.82) is 0 Å². The van der Waals surface area contributed by atoms with E-state index in [4.69, 9.17) is 0 Å². The Labute approximate surface area is 122 Å². The number of carbonyl (C=O) groups excluding carboxylic acids is 1. The molecule has 0 aromatic carbocycles. The minimum absolute atomic E-state index is 0.0201. The van der Waals surface area contributed by atoms with Gasteiger partial charge in [-0.05, 0) is 31.2 Å². The maximum absolute atomic E-state index is 11.9. The maximum atomic E-state index is 11.9. The Morgan fingerprint density at radius 1 is 1.40 bits per heavy atom. The number of aromatic nitrogens is 4. The fraction of sp³-hybridized carbons (Fsp3) is 0.800.